The average molecular weight is 409 g/mol. The molecule has 3 aromatic rings. The molecule has 5 nitrogen and oxygen atoms in total. The fourth-order valence-electron chi connectivity index (χ4n) is 2.14. The van der Waals surface area contributed by atoms with Crippen LogP contribution in [0.1, 0.15) is 17.1 Å². The summed E-state index contributed by atoms with van der Waals surface area (Å²) in [7, 11) is 0. The number of aromatic nitrogens is 1. The van der Waals surface area contributed by atoms with E-state index in [4.69, 9.17) is 44.0 Å². The fourth-order valence-corrected chi connectivity index (χ4v) is 2.73. The predicted octanol–water partition coefficient (Wildman–Crippen LogP) is 5.70. The molecule has 0 fully saturated rings. The van der Waals surface area contributed by atoms with Crippen LogP contribution < -0.4 is 10.1 Å². The Balaban J connectivity index is 1.66. The van der Waals surface area contributed by atoms with E-state index in [2.05, 4.69) is 10.3 Å². The van der Waals surface area contributed by atoms with E-state index < -0.39 is 0 Å². The highest BCUT2D eigenvalue weighted by atomic mass is 35.5. The number of oxazole rings is 1. The van der Waals surface area contributed by atoms with Crippen LogP contribution in [0, 0.1) is 11.3 Å². The van der Waals surface area contributed by atoms with Crippen molar-refractivity contribution < 1.29 is 9.15 Å². The minimum atomic E-state index is 0.0264. The molecule has 26 heavy (non-hydrogen) atoms. The van der Waals surface area contributed by atoms with Crippen molar-refractivity contribution in [1.82, 2.24) is 4.98 Å². The molecule has 0 aliphatic heterocycles. The van der Waals surface area contributed by atoms with Crippen LogP contribution in [0.3, 0.4) is 0 Å². The minimum Gasteiger partial charge on any atom is -0.482 e. The molecule has 0 spiro atoms. The molecule has 1 aromatic heterocycles. The molecule has 2 aromatic carbocycles. The zero-order valence-electron chi connectivity index (χ0n) is 13.3. The number of rotatable bonds is 6. The standard InChI is InChI=1S/C18H12Cl3N3O2/c19-12-3-1-11(2-4-12)9-23-18-15(8-22)24-17(26-18)10-25-16-6-5-13(20)7-14(16)21/h1-7,23H,9-10H2. The van der Waals surface area contributed by atoms with Gasteiger partial charge in [0.05, 0.1) is 5.02 Å². The van der Waals surface area contributed by atoms with Crippen LogP contribution in [0.5, 0.6) is 5.75 Å². The Morgan fingerprint density at radius 3 is 2.50 bits per heavy atom. The van der Waals surface area contributed by atoms with Gasteiger partial charge in [-0.25, -0.2) is 0 Å². The highest BCUT2D eigenvalue weighted by Gasteiger charge is 2.14. The molecule has 0 unspecified atom stereocenters. The van der Waals surface area contributed by atoms with Crippen LogP contribution >= 0.6 is 34.8 Å². The van der Waals surface area contributed by atoms with Gasteiger partial charge in [-0.3, -0.25) is 0 Å². The number of benzene rings is 2. The van der Waals surface area contributed by atoms with Crippen molar-refractivity contribution in [3.05, 3.63) is 74.7 Å². The van der Waals surface area contributed by atoms with Crippen LogP contribution in [0.15, 0.2) is 46.9 Å². The maximum atomic E-state index is 9.22. The van der Waals surface area contributed by atoms with Gasteiger partial charge in [0.1, 0.15) is 11.8 Å². The number of nitrogens with zero attached hydrogens (tertiary/aromatic N) is 2. The largest absolute Gasteiger partial charge is 0.482 e. The molecule has 3 rings (SSSR count). The van der Waals surface area contributed by atoms with Crippen LogP contribution in [0.2, 0.25) is 15.1 Å². The first-order chi connectivity index (χ1) is 12.5. The first-order valence-corrected chi connectivity index (χ1v) is 8.64. The predicted molar refractivity (Wildman–Crippen MR) is 101 cm³/mol. The Morgan fingerprint density at radius 2 is 1.81 bits per heavy atom. The quantitative estimate of drug-likeness (QED) is 0.566. The van der Waals surface area contributed by atoms with Crippen molar-refractivity contribution >= 4 is 40.7 Å². The van der Waals surface area contributed by atoms with Gasteiger partial charge in [-0.2, -0.15) is 10.2 Å². The molecule has 0 bridgehead atoms. The van der Waals surface area contributed by atoms with E-state index in [9.17, 15) is 5.26 Å². The van der Waals surface area contributed by atoms with E-state index in [0.29, 0.717) is 27.4 Å². The number of ether oxygens (including phenoxy) is 1. The second kappa shape index (κ2) is 8.33. The van der Waals surface area contributed by atoms with Gasteiger partial charge in [0.15, 0.2) is 6.61 Å². The summed E-state index contributed by atoms with van der Waals surface area (Å²) in [5.74, 6) is 0.984. The fraction of sp³-hybridized carbons (Fsp3) is 0.111. The molecule has 1 heterocycles. The molecule has 132 valence electrons. The SMILES string of the molecule is N#Cc1nc(COc2ccc(Cl)cc2Cl)oc1NCc1ccc(Cl)cc1. The summed E-state index contributed by atoms with van der Waals surface area (Å²) in [4.78, 5) is 4.11. The third-order valence-electron chi connectivity index (χ3n) is 3.39. The number of nitrogens with one attached hydrogen (secondary N) is 1. The summed E-state index contributed by atoms with van der Waals surface area (Å²) < 4.78 is 11.1. The summed E-state index contributed by atoms with van der Waals surface area (Å²) in [5, 5.41) is 13.8. The molecule has 0 radical (unpaired) electrons. The van der Waals surface area contributed by atoms with Gasteiger partial charge < -0.3 is 14.5 Å². The molecule has 0 aliphatic carbocycles. The summed E-state index contributed by atoms with van der Waals surface area (Å²) in [6.45, 7) is 0.489. The second-order valence-electron chi connectivity index (χ2n) is 5.24. The highest BCUT2D eigenvalue weighted by molar-refractivity contribution is 6.35. The van der Waals surface area contributed by atoms with Crippen molar-refractivity contribution in [1.29, 1.82) is 5.26 Å². The Hall–Kier alpha value is -2.39. The Morgan fingerprint density at radius 1 is 1.08 bits per heavy atom. The first kappa shape index (κ1) is 18.4. The van der Waals surface area contributed by atoms with Crippen LogP contribution in [0.4, 0.5) is 5.88 Å². The van der Waals surface area contributed by atoms with E-state index >= 15 is 0 Å². The Labute approximate surface area is 165 Å². The van der Waals surface area contributed by atoms with Gasteiger partial charge in [0.25, 0.3) is 0 Å². The third kappa shape index (κ3) is 4.61. The monoisotopic (exact) mass is 407 g/mol. The molecule has 0 aliphatic rings. The minimum absolute atomic E-state index is 0.0264. The number of anilines is 1. The molecular formula is C18H12Cl3N3O2. The molecule has 0 saturated carbocycles. The van der Waals surface area contributed by atoms with Crippen LogP contribution in [0.25, 0.3) is 0 Å². The average Bonchev–Trinajstić information content (AvgIpc) is 3.03. The summed E-state index contributed by atoms with van der Waals surface area (Å²) >= 11 is 17.8. The second-order valence-corrected chi connectivity index (χ2v) is 6.52. The lowest BCUT2D eigenvalue weighted by atomic mass is 10.2. The maximum Gasteiger partial charge on any atom is 0.236 e. The lowest BCUT2D eigenvalue weighted by Crippen LogP contribution is -1.99. The lowest BCUT2D eigenvalue weighted by Gasteiger charge is -2.06. The van der Waals surface area contributed by atoms with Crippen LogP contribution in [-0.4, -0.2) is 4.98 Å². The zero-order chi connectivity index (χ0) is 18.5. The van der Waals surface area contributed by atoms with Gasteiger partial charge >= 0.3 is 0 Å². The number of nitriles is 1. The molecular weight excluding hydrogens is 397 g/mol. The van der Waals surface area contributed by atoms with Gasteiger partial charge in [0, 0.05) is 16.6 Å². The topological polar surface area (TPSA) is 71.1 Å². The van der Waals surface area contributed by atoms with Crippen molar-refractivity contribution in [3.8, 4) is 11.8 Å². The van der Waals surface area contributed by atoms with Crippen LogP contribution in [-0.2, 0) is 13.2 Å². The first-order valence-electron chi connectivity index (χ1n) is 7.51. The third-order valence-corrected chi connectivity index (χ3v) is 4.17. The zero-order valence-corrected chi connectivity index (χ0v) is 15.6. The van der Waals surface area contributed by atoms with Gasteiger partial charge in [-0.1, -0.05) is 46.9 Å². The smallest absolute Gasteiger partial charge is 0.236 e. The summed E-state index contributed by atoms with van der Waals surface area (Å²) in [6.07, 6.45) is 0. The van der Waals surface area contributed by atoms with E-state index in [0.717, 1.165) is 5.56 Å². The summed E-state index contributed by atoms with van der Waals surface area (Å²) in [6, 6.07) is 14.2. The molecule has 1 N–H and O–H groups in total. The maximum absolute atomic E-state index is 9.22. The van der Waals surface area contributed by atoms with Crippen molar-refractivity contribution in [2.45, 2.75) is 13.2 Å². The molecule has 0 atom stereocenters. The van der Waals surface area contributed by atoms with Crippen molar-refractivity contribution in [2.24, 2.45) is 0 Å². The Bertz CT molecular complexity index is 949. The molecule has 0 amide bonds. The summed E-state index contributed by atoms with van der Waals surface area (Å²) in [5.41, 5.74) is 1.14. The van der Waals surface area contributed by atoms with E-state index in [1.807, 2.05) is 18.2 Å². The normalized spacial score (nSPS) is 10.4. The van der Waals surface area contributed by atoms with Crippen molar-refractivity contribution in [3.63, 3.8) is 0 Å². The Kier molecular flexibility index (Phi) is 5.89. The molecule has 8 heteroatoms. The van der Waals surface area contributed by atoms with E-state index in [-0.39, 0.29) is 24.1 Å². The lowest BCUT2D eigenvalue weighted by molar-refractivity contribution is 0.265. The van der Waals surface area contributed by atoms with Gasteiger partial charge in [0.2, 0.25) is 17.5 Å². The number of hydrogen-bond donors (Lipinski definition) is 1. The highest BCUT2D eigenvalue weighted by Crippen LogP contribution is 2.28. The van der Waals surface area contributed by atoms with Gasteiger partial charge in [-0.15, -0.1) is 0 Å². The number of halogens is 3. The van der Waals surface area contributed by atoms with Gasteiger partial charge in [-0.05, 0) is 35.9 Å². The van der Waals surface area contributed by atoms with Crippen molar-refractivity contribution in [2.75, 3.05) is 5.32 Å². The van der Waals surface area contributed by atoms with E-state index in [1.54, 1.807) is 30.3 Å². The molecule has 0 saturated heterocycles. The number of hydrogen-bond acceptors (Lipinski definition) is 5. The van der Waals surface area contributed by atoms with E-state index in [1.165, 1.54) is 0 Å².